The third-order valence-corrected chi connectivity index (χ3v) is 8.05. The third-order valence-electron chi connectivity index (χ3n) is 6.96. The van der Waals surface area contributed by atoms with E-state index in [9.17, 15) is 22.5 Å². The van der Waals surface area contributed by atoms with E-state index >= 15 is 0 Å². The minimum atomic E-state index is -4.81. The molecule has 3 N–H and O–H groups in total. The number of methoxy groups -OCH3 is 1. The zero-order valence-electron chi connectivity index (χ0n) is 24.2. The van der Waals surface area contributed by atoms with Crippen LogP contribution in [-0.2, 0) is 27.0 Å². The third kappa shape index (κ3) is 6.63. The van der Waals surface area contributed by atoms with Crippen LogP contribution in [0.4, 0.5) is 36.3 Å². The summed E-state index contributed by atoms with van der Waals surface area (Å²) < 4.78 is 67.6. The maximum atomic E-state index is 14.0. The summed E-state index contributed by atoms with van der Waals surface area (Å²) in [5.41, 5.74) is 0.113. The van der Waals surface area contributed by atoms with Gasteiger partial charge in [-0.3, -0.25) is 9.48 Å². The first-order valence-electron chi connectivity index (χ1n) is 13.4. The number of nitrogens with one attached hydrogen (secondary N) is 3. The summed E-state index contributed by atoms with van der Waals surface area (Å²) in [4.78, 5) is 25.2. The predicted molar refractivity (Wildman–Crippen MR) is 157 cm³/mol. The van der Waals surface area contributed by atoms with Crippen LogP contribution in [0.3, 0.4) is 0 Å². The fourth-order valence-electron chi connectivity index (χ4n) is 4.43. The molecule has 12 nitrogen and oxygen atoms in total. The van der Waals surface area contributed by atoms with E-state index in [-0.39, 0.29) is 30.1 Å². The number of nitrogens with zero attached hydrogens (tertiary/aromatic N) is 5. The Kier molecular flexibility index (Phi) is 8.53. The molecule has 3 aromatic heterocycles. The van der Waals surface area contributed by atoms with Crippen molar-refractivity contribution in [3.63, 3.8) is 0 Å². The first-order valence-corrected chi connectivity index (χ1v) is 14.8. The maximum absolute atomic E-state index is 14.0. The van der Waals surface area contributed by atoms with Gasteiger partial charge in [0.25, 0.3) is 5.91 Å². The van der Waals surface area contributed by atoms with Gasteiger partial charge < -0.3 is 20.7 Å². The van der Waals surface area contributed by atoms with Crippen molar-refractivity contribution in [2.24, 2.45) is 0 Å². The van der Waals surface area contributed by atoms with E-state index in [0.29, 0.717) is 40.9 Å². The quantitative estimate of drug-likeness (QED) is 0.226. The first-order chi connectivity index (χ1) is 20.9. The Hall–Kier alpha value is -4.62. The van der Waals surface area contributed by atoms with Crippen LogP contribution in [0.15, 0.2) is 48.9 Å². The van der Waals surface area contributed by atoms with Gasteiger partial charge in [0, 0.05) is 37.0 Å². The van der Waals surface area contributed by atoms with Crippen LogP contribution in [0.2, 0.25) is 0 Å². The number of anilines is 4. The zero-order valence-corrected chi connectivity index (χ0v) is 25.1. The molecule has 0 aliphatic carbocycles. The number of ether oxygens (including phenoxy) is 1. The molecule has 8 bridgehead atoms. The van der Waals surface area contributed by atoms with Crippen molar-refractivity contribution in [2.75, 3.05) is 31.4 Å². The number of aromatic nitrogens is 5. The number of halogens is 3. The topological polar surface area (TPSA) is 145 Å². The molecule has 4 aliphatic rings. The zero-order chi connectivity index (χ0) is 31.6. The lowest BCUT2D eigenvalue weighted by atomic mass is 10.0. The van der Waals surface area contributed by atoms with Gasteiger partial charge in [0.15, 0.2) is 5.69 Å². The molecule has 0 spiro atoms. The minimum Gasteiger partial charge on any atom is -0.495 e. The average molecular weight is 630 g/mol. The highest BCUT2D eigenvalue weighted by Gasteiger charge is 2.36. The van der Waals surface area contributed by atoms with Crippen LogP contribution in [0, 0.1) is 0 Å². The van der Waals surface area contributed by atoms with Gasteiger partial charge in [0.05, 0.1) is 35.9 Å². The lowest BCUT2D eigenvalue weighted by Crippen LogP contribution is -2.28. The number of amides is 1. The van der Waals surface area contributed by atoms with Gasteiger partial charge >= 0.3 is 14.2 Å². The molecule has 4 aromatic rings. The molecule has 7 heterocycles. The molecular formula is C28H29F3N8O4P+. The minimum absolute atomic E-state index is 0.00805. The Morgan fingerprint density at radius 2 is 1.91 bits per heavy atom. The van der Waals surface area contributed by atoms with Gasteiger partial charge in [0.1, 0.15) is 23.7 Å². The summed E-state index contributed by atoms with van der Waals surface area (Å²) in [6, 6.07) is 7.95. The van der Waals surface area contributed by atoms with E-state index in [2.05, 4.69) is 36.0 Å². The van der Waals surface area contributed by atoms with Crippen LogP contribution in [0.25, 0.3) is 11.3 Å². The van der Waals surface area contributed by atoms with Gasteiger partial charge in [0.2, 0.25) is 12.1 Å². The Morgan fingerprint density at radius 1 is 1.14 bits per heavy atom. The van der Waals surface area contributed by atoms with Crippen molar-refractivity contribution in [1.82, 2.24) is 30.0 Å². The van der Waals surface area contributed by atoms with Crippen molar-refractivity contribution in [2.45, 2.75) is 38.1 Å². The second-order valence-electron chi connectivity index (χ2n) is 10.5. The normalized spacial score (nSPS) is 15.8. The Balaban J connectivity index is 1.64. The summed E-state index contributed by atoms with van der Waals surface area (Å²) in [5, 5.41) is 12.4. The molecule has 8 rings (SSSR count). The van der Waals surface area contributed by atoms with Gasteiger partial charge in [-0.05, 0) is 42.7 Å². The molecule has 1 unspecified atom stereocenters. The van der Waals surface area contributed by atoms with Crippen LogP contribution < -0.4 is 20.7 Å². The number of pyridine rings is 1. The van der Waals surface area contributed by atoms with Crippen LogP contribution in [-0.4, -0.2) is 51.4 Å². The molecule has 16 heteroatoms. The first kappa shape index (κ1) is 30.8. The van der Waals surface area contributed by atoms with E-state index in [1.807, 2.05) is 13.8 Å². The van der Waals surface area contributed by atoms with Crippen molar-refractivity contribution >= 4 is 37.1 Å². The molecule has 0 radical (unpaired) electrons. The predicted octanol–water partition coefficient (Wildman–Crippen LogP) is 6.01. The summed E-state index contributed by atoms with van der Waals surface area (Å²) in [5.74, 6) is -1.09. The van der Waals surface area contributed by atoms with Crippen molar-refractivity contribution < 1.29 is 31.8 Å². The van der Waals surface area contributed by atoms with Crippen LogP contribution >= 0.6 is 8.03 Å². The highest BCUT2D eigenvalue weighted by atomic mass is 31.1. The van der Waals surface area contributed by atoms with E-state index in [0.717, 1.165) is 0 Å². The number of carbonyl (C=O) groups is 1. The summed E-state index contributed by atoms with van der Waals surface area (Å²) in [7, 11) is 0.757. The second-order valence-corrected chi connectivity index (χ2v) is 11.7. The molecule has 0 saturated carbocycles. The monoisotopic (exact) mass is 629 g/mol. The Morgan fingerprint density at radius 3 is 2.64 bits per heavy atom. The van der Waals surface area contributed by atoms with E-state index < -0.39 is 37.0 Å². The molecule has 44 heavy (non-hydrogen) atoms. The van der Waals surface area contributed by atoms with Gasteiger partial charge in [-0.2, -0.15) is 23.3 Å². The van der Waals surface area contributed by atoms with Crippen molar-refractivity contribution in [3.05, 3.63) is 65.7 Å². The Bertz CT molecular complexity index is 1730. The number of alkyl halides is 3. The number of rotatable bonds is 2. The summed E-state index contributed by atoms with van der Waals surface area (Å²) >= 11 is 0. The number of carbonyl (C=O) groups excluding carboxylic acids is 1. The molecule has 0 fully saturated rings. The molecule has 230 valence electrons. The molecule has 1 aromatic carbocycles. The highest BCUT2D eigenvalue weighted by Crippen LogP contribution is 2.38. The fraction of sp³-hybridized carbons (Fsp3) is 0.321. The van der Waals surface area contributed by atoms with Crippen molar-refractivity contribution in [1.29, 1.82) is 0 Å². The van der Waals surface area contributed by atoms with Crippen molar-refractivity contribution in [3.8, 4) is 17.0 Å². The second kappa shape index (κ2) is 12.2. The molecule has 0 saturated heterocycles. The van der Waals surface area contributed by atoms with Crippen LogP contribution in [0.1, 0.15) is 41.9 Å². The van der Waals surface area contributed by atoms with Crippen LogP contribution in [0.5, 0.6) is 5.75 Å². The number of hydrogen-bond donors (Lipinski definition) is 3. The summed E-state index contributed by atoms with van der Waals surface area (Å²) in [6.07, 6.45) is -0.253. The fourth-order valence-corrected chi connectivity index (χ4v) is 5.32. The number of hydrogen-bond acceptors (Lipinski definition) is 10. The number of benzene rings is 1. The van der Waals surface area contributed by atoms with Gasteiger partial charge in [-0.25, -0.2) is 9.97 Å². The molecule has 4 aliphatic heterocycles. The average Bonchev–Trinajstić information content (AvgIpc) is 3.48. The lowest BCUT2D eigenvalue weighted by molar-refractivity contribution is -0.137. The smallest absolute Gasteiger partial charge is 0.495 e. The largest absolute Gasteiger partial charge is 0.512 e. The highest BCUT2D eigenvalue weighted by molar-refractivity contribution is 7.38. The molecule has 1 amide bonds. The maximum Gasteiger partial charge on any atom is 0.512 e. The Labute approximate surface area is 251 Å². The van der Waals surface area contributed by atoms with E-state index in [1.54, 1.807) is 41.3 Å². The van der Waals surface area contributed by atoms with Gasteiger partial charge in [-0.1, -0.05) is 6.07 Å². The molecular weight excluding hydrogens is 600 g/mol. The summed E-state index contributed by atoms with van der Waals surface area (Å²) in [6.45, 7) is 4.10. The standard InChI is InChI=1S/C28H28F3N8O4P/c1-27(2)9-10-43-44(41)15-16-5-6-20(22(11-16)42-4)37-26-33-13-18(28(29,30)31)24(38-26)36-21-8-7-19(17-12-34-39(27)14-17)35-23(21)25(40)32-3/h5-8,11-14H,9-10,15H2,1-4H3,(H2-,32,33,36,37,38,40)/p+1. The van der Waals surface area contributed by atoms with E-state index in [4.69, 9.17) is 9.26 Å². The van der Waals surface area contributed by atoms with E-state index in [1.165, 1.54) is 20.2 Å². The SMILES string of the molecule is CNC(=O)c1nc2ccc1Nc1nc(ncc1C(F)(F)F)Nc1ccc(cc1OC)C[P+](=O)OCCC(C)(C)n1cc-2cn1. The lowest BCUT2D eigenvalue weighted by Gasteiger charge is -2.24. The molecule has 1 atom stereocenters. The van der Waals surface area contributed by atoms with Gasteiger partial charge in [-0.15, -0.1) is 4.52 Å².